The Kier molecular flexibility index (Phi) is 6.02. The molecule has 0 aliphatic carbocycles. The highest BCUT2D eigenvalue weighted by molar-refractivity contribution is 7.07. The van der Waals surface area contributed by atoms with Crippen LogP contribution in [-0.4, -0.2) is 31.1 Å². The summed E-state index contributed by atoms with van der Waals surface area (Å²) in [6, 6.07) is 13.7. The maximum absolute atomic E-state index is 14.0. The van der Waals surface area contributed by atoms with E-state index in [1.807, 2.05) is 46.7 Å². The lowest BCUT2D eigenvalue weighted by molar-refractivity contribution is -0.143. The molecule has 1 saturated heterocycles. The van der Waals surface area contributed by atoms with Gasteiger partial charge in [0.2, 0.25) is 5.91 Å². The molecule has 29 heavy (non-hydrogen) atoms. The summed E-state index contributed by atoms with van der Waals surface area (Å²) in [5.41, 5.74) is 1.54. The summed E-state index contributed by atoms with van der Waals surface area (Å²) in [5.74, 6) is 1.69. The van der Waals surface area contributed by atoms with Crippen molar-refractivity contribution in [3.05, 3.63) is 76.4 Å². The molecule has 2 aromatic heterocycles. The van der Waals surface area contributed by atoms with Gasteiger partial charge in [-0.1, -0.05) is 12.1 Å². The van der Waals surface area contributed by atoms with E-state index in [-0.39, 0.29) is 5.91 Å². The number of benzene rings is 1. The number of hydrogen-bond donors (Lipinski definition) is 0. The minimum absolute atomic E-state index is 0.119. The molecular formula is C23H25NO4S. The second kappa shape index (κ2) is 8.84. The minimum Gasteiger partial charge on any atom is -0.497 e. The Morgan fingerprint density at radius 1 is 1.14 bits per heavy atom. The van der Waals surface area contributed by atoms with Gasteiger partial charge in [-0.2, -0.15) is 11.3 Å². The Bertz CT molecular complexity index is 861. The number of hydrogen-bond acceptors (Lipinski definition) is 5. The molecule has 0 radical (unpaired) electrons. The first-order chi connectivity index (χ1) is 14.2. The number of methoxy groups -OCH3 is 1. The van der Waals surface area contributed by atoms with E-state index >= 15 is 0 Å². The summed E-state index contributed by atoms with van der Waals surface area (Å²) in [5, 5.41) is 4.13. The van der Waals surface area contributed by atoms with Crippen LogP contribution in [-0.2, 0) is 28.0 Å². The number of carbonyl (C=O) groups is 1. The normalized spacial score (nSPS) is 15.8. The summed E-state index contributed by atoms with van der Waals surface area (Å²) >= 11 is 1.64. The number of carbonyl (C=O) groups excluding carboxylic acids is 1. The van der Waals surface area contributed by atoms with Crippen molar-refractivity contribution in [1.29, 1.82) is 0 Å². The summed E-state index contributed by atoms with van der Waals surface area (Å²) in [6.45, 7) is 2.15. The van der Waals surface area contributed by atoms with E-state index in [0.717, 1.165) is 22.6 Å². The molecule has 1 fully saturated rings. The Balaban J connectivity index is 1.68. The molecular weight excluding hydrogens is 386 g/mol. The molecule has 0 spiro atoms. The van der Waals surface area contributed by atoms with Crippen molar-refractivity contribution < 1.29 is 18.7 Å². The van der Waals surface area contributed by atoms with Crippen LogP contribution in [0, 0.1) is 0 Å². The molecule has 3 heterocycles. The highest BCUT2D eigenvalue weighted by Gasteiger charge is 2.44. The monoisotopic (exact) mass is 411 g/mol. The van der Waals surface area contributed by atoms with Crippen molar-refractivity contribution in [2.24, 2.45) is 0 Å². The van der Waals surface area contributed by atoms with E-state index < -0.39 is 5.41 Å². The third-order valence-electron chi connectivity index (χ3n) is 5.57. The van der Waals surface area contributed by atoms with Crippen LogP contribution in [0.4, 0.5) is 0 Å². The molecule has 6 heteroatoms. The Morgan fingerprint density at radius 2 is 1.93 bits per heavy atom. The first-order valence-electron chi connectivity index (χ1n) is 9.76. The highest BCUT2D eigenvalue weighted by atomic mass is 32.1. The molecule has 1 aliphatic heterocycles. The van der Waals surface area contributed by atoms with Gasteiger partial charge in [-0.15, -0.1) is 0 Å². The van der Waals surface area contributed by atoms with Gasteiger partial charge in [0.15, 0.2) is 0 Å². The van der Waals surface area contributed by atoms with E-state index in [4.69, 9.17) is 13.9 Å². The molecule has 0 bridgehead atoms. The second-order valence-corrected chi connectivity index (χ2v) is 8.08. The van der Waals surface area contributed by atoms with Gasteiger partial charge in [0.25, 0.3) is 0 Å². The highest BCUT2D eigenvalue weighted by Crippen LogP contribution is 2.38. The van der Waals surface area contributed by atoms with Gasteiger partial charge in [0.05, 0.1) is 25.3 Å². The summed E-state index contributed by atoms with van der Waals surface area (Å²) in [7, 11) is 1.65. The zero-order valence-corrected chi connectivity index (χ0v) is 17.3. The number of nitrogens with zero attached hydrogens (tertiary/aromatic N) is 1. The molecule has 1 aliphatic rings. The largest absolute Gasteiger partial charge is 0.497 e. The van der Waals surface area contributed by atoms with Crippen LogP contribution in [0.2, 0.25) is 0 Å². The smallest absolute Gasteiger partial charge is 0.234 e. The third kappa shape index (κ3) is 4.23. The first-order valence-corrected chi connectivity index (χ1v) is 10.7. The molecule has 3 aromatic rings. The molecule has 5 nitrogen and oxygen atoms in total. The predicted molar refractivity (Wildman–Crippen MR) is 112 cm³/mol. The molecule has 0 saturated carbocycles. The summed E-state index contributed by atoms with van der Waals surface area (Å²) < 4.78 is 16.5. The standard InChI is InChI=1S/C23H25NO4S/c1-26-20-6-4-19(5-7-20)23(9-12-27-13-10-23)22(25)24(15-18-8-14-29-17-18)16-21-3-2-11-28-21/h2-8,11,14,17H,9-10,12-13,15-16H2,1H3. The number of ether oxygens (including phenoxy) is 2. The van der Waals surface area contributed by atoms with E-state index in [2.05, 4.69) is 11.4 Å². The van der Waals surface area contributed by atoms with Crippen molar-refractivity contribution in [3.8, 4) is 5.75 Å². The molecule has 152 valence electrons. The molecule has 1 amide bonds. The Hall–Kier alpha value is -2.57. The Morgan fingerprint density at radius 3 is 2.55 bits per heavy atom. The summed E-state index contributed by atoms with van der Waals surface area (Å²) in [6.07, 6.45) is 2.98. The Labute approximate surface area is 174 Å². The molecule has 0 N–H and O–H groups in total. The van der Waals surface area contributed by atoms with E-state index in [9.17, 15) is 4.79 Å². The van der Waals surface area contributed by atoms with Crippen molar-refractivity contribution >= 4 is 17.2 Å². The van der Waals surface area contributed by atoms with Gasteiger partial charge in [-0.3, -0.25) is 4.79 Å². The predicted octanol–water partition coefficient (Wildman–Crippen LogP) is 4.63. The quantitative estimate of drug-likeness (QED) is 0.569. The van der Waals surface area contributed by atoms with Crippen LogP contribution in [0.25, 0.3) is 0 Å². The lowest BCUT2D eigenvalue weighted by atomic mass is 9.73. The van der Waals surface area contributed by atoms with Crippen LogP contribution in [0.5, 0.6) is 5.75 Å². The van der Waals surface area contributed by atoms with Crippen LogP contribution in [0.1, 0.15) is 29.7 Å². The summed E-state index contributed by atoms with van der Waals surface area (Å²) in [4.78, 5) is 15.9. The fourth-order valence-electron chi connectivity index (χ4n) is 3.95. The zero-order chi connectivity index (χ0) is 20.1. The average Bonchev–Trinajstić information content (AvgIpc) is 3.48. The fourth-order valence-corrected chi connectivity index (χ4v) is 4.61. The molecule has 1 aromatic carbocycles. The van der Waals surface area contributed by atoms with Crippen molar-refractivity contribution in [1.82, 2.24) is 4.90 Å². The fraction of sp³-hybridized carbons (Fsp3) is 0.348. The minimum atomic E-state index is -0.604. The molecule has 0 unspecified atom stereocenters. The van der Waals surface area contributed by atoms with Gasteiger partial charge < -0.3 is 18.8 Å². The van der Waals surface area contributed by atoms with Crippen molar-refractivity contribution in [3.63, 3.8) is 0 Å². The lowest BCUT2D eigenvalue weighted by Gasteiger charge is -2.40. The van der Waals surface area contributed by atoms with Gasteiger partial charge >= 0.3 is 0 Å². The average molecular weight is 412 g/mol. The van der Waals surface area contributed by atoms with Crippen LogP contribution in [0.15, 0.2) is 63.9 Å². The maximum Gasteiger partial charge on any atom is 0.234 e. The topological polar surface area (TPSA) is 51.9 Å². The number of thiophene rings is 1. The third-order valence-corrected chi connectivity index (χ3v) is 6.30. The van der Waals surface area contributed by atoms with Gasteiger partial charge in [-0.25, -0.2) is 0 Å². The SMILES string of the molecule is COc1ccc(C2(C(=O)N(Cc3ccsc3)Cc3ccco3)CCOCC2)cc1. The second-order valence-electron chi connectivity index (χ2n) is 7.30. The van der Waals surface area contributed by atoms with Crippen LogP contribution >= 0.6 is 11.3 Å². The van der Waals surface area contributed by atoms with Crippen molar-refractivity contribution in [2.45, 2.75) is 31.3 Å². The number of furan rings is 1. The van der Waals surface area contributed by atoms with Crippen LogP contribution < -0.4 is 4.74 Å². The molecule has 0 atom stereocenters. The van der Waals surface area contributed by atoms with E-state index in [1.54, 1.807) is 24.7 Å². The number of rotatable bonds is 7. The van der Waals surface area contributed by atoms with Gasteiger partial charge in [0, 0.05) is 19.8 Å². The lowest BCUT2D eigenvalue weighted by Crippen LogP contribution is -2.49. The van der Waals surface area contributed by atoms with E-state index in [0.29, 0.717) is 39.1 Å². The maximum atomic E-state index is 14.0. The van der Waals surface area contributed by atoms with Gasteiger partial charge in [-0.05, 0) is 65.1 Å². The first kappa shape index (κ1) is 19.7. The van der Waals surface area contributed by atoms with Crippen LogP contribution in [0.3, 0.4) is 0 Å². The van der Waals surface area contributed by atoms with E-state index in [1.165, 1.54) is 0 Å². The zero-order valence-electron chi connectivity index (χ0n) is 16.5. The number of amides is 1. The van der Waals surface area contributed by atoms with Crippen molar-refractivity contribution in [2.75, 3.05) is 20.3 Å². The molecule has 4 rings (SSSR count). The van der Waals surface area contributed by atoms with Gasteiger partial charge in [0.1, 0.15) is 11.5 Å².